The topological polar surface area (TPSA) is 27.7 Å². The van der Waals surface area contributed by atoms with Gasteiger partial charge < -0.3 is 19.9 Å². The molecule has 3 rings (SSSR count). The maximum Gasteiger partial charge on any atom is 0.147 e. The average Bonchev–Trinajstić information content (AvgIpc) is 3.09. The standard InChI is InChI=1S/C18H27BrClN3O/c1-14-5-6-15(20)17(23-11-7-21-13-16(23)19)18(14)24-12-4-10-22-8-2-3-9-22/h5-6,16,21H,2-4,7-13H2,1H3. The third-order valence-electron chi connectivity index (χ3n) is 4.81. The van der Waals surface area contributed by atoms with Crippen molar-refractivity contribution in [3.8, 4) is 5.75 Å². The monoisotopic (exact) mass is 415 g/mol. The largest absolute Gasteiger partial charge is 0.491 e. The summed E-state index contributed by atoms with van der Waals surface area (Å²) in [6.45, 7) is 9.23. The minimum Gasteiger partial charge on any atom is -0.491 e. The van der Waals surface area contributed by atoms with E-state index in [0.717, 1.165) is 61.2 Å². The molecule has 2 fully saturated rings. The number of piperazine rings is 1. The minimum atomic E-state index is 0.234. The first-order valence-electron chi connectivity index (χ1n) is 8.92. The molecule has 0 aromatic heterocycles. The van der Waals surface area contributed by atoms with E-state index in [-0.39, 0.29) is 4.95 Å². The lowest BCUT2D eigenvalue weighted by Crippen LogP contribution is -2.48. The summed E-state index contributed by atoms with van der Waals surface area (Å²) in [6, 6.07) is 4.03. The highest BCUT2D eigenvalue weighted by molar-refractivity contribution is 9.09. The first-order valence-corrected chi connectivity index (χ1v) is 10.2. The van der Waals surface area contributed by atoms with Crippen LogP contribution < -0.4 is 15.0 Å². The van der Waals surface area contributed by atoms with Crippen LogP contribution in [0.25, 0.3) is 0 Å². The van der Waals surface area contributed by atoms with Crippen LogP contribution >= 0.6 is 27.5 Å². The Labute approximate surface area is 158 Å². The summed E-state index contributed by atoms with van der Waals surface area (Å²) in [5.41, 5.74) is 2.18. The molecule has 2 aliphatic heterocycles. The quantitative estimate of drug-likeness (QED) is 0.435. The van der Waals surface area contributed by atoms with E-state index >= 15 is 0 Å². The van der Waals surface area contributed by atoms with Gasteiger partial charge in [0, 0.05) is 26.2 Å². The first kappa shape index (κ1) is 18.3. The smallest absolute Gasteiger partial charge is 0.147 e. The van der Waals surface area contributed by atoms with Crippen molar-refractivity contribution < 1.29 is 4.74 Å². The van der Waals surface area contributed by atoms with Crippen LogP contribution in [0.3, 0.4) is 0 Å². The van der Waals surface area contributed by atoms with Crippen molar-refractivity contribution in [1.82, 2.24) is 10.2 Å². The summed E-state index contributed by atoms with van der Waals surface area (Å²) >= 11 is 10.3. The molecule has 1 atom stereocenters. The van der Waals surface area contributed by atoms with Gasteiger partial charge in [0.15, 0.2) is 0 Å². The van der Waals surface area contributed by atoms with E-state index in [1.165, 1.54) is 25.9 Å². The molecule has 0 radical (unpaired) electrons. The maximum absolute atomic E-state index is 6.55. The van der Waals surface area contributed by atoms with E-state index in [1.807, 2.05) is 12.1 Å². The Balaban J connectivity index is 1.67. The molecule has 0 amide bonds. The van der Waals surface area contributed by atoms with Crippen molar-refractivity contribution in [2.24, 2.45) is 0 Å². The van der Waals surface area contributed by atoms with Crippen LogP contribution in [0.2, 0.25) is 5.02 Å². The predicted octanol–water partition coefficient (Wildman–Crippen LogP) is 3.64. The second-order valence-electron chi connectivity index (χ2n) is 6.62. The van der Waals surface area contributed by atoms with Crippen LogP contribution in [0.5, 0.6) is 5.75 Å². The van der Waals surface area contributed by atoms with Crippen molar-refractivity contribution >= 4 is 33.2 Å². The summed E-state index contributed by atoms with van der Waals surface area (Å²) < 4.78 is 6.22. The Morgan fingerprint density at radius 2 is 2.08 bits per heavy atom. The molecule has 4 nitrogen and oxygen atoms in total. The van der Waals surface area contributed by atoms with Crippen molar-refractivity contribution in [3.63, 3.8) is 0 Å². The molecule has 0 spiro atoms. The van der Waals surface area contributed by atoms with E-state index in [2.05, 4.69) is 38.0 Å². The number of ether oxygens (including phenoxy) is 1. The first-order chi connectivity index (χ1) is 11.7. The number of rotatable bonds is 6. The number of nitrogens with zero attached hydrogens (tertiary/aromatic N) is 2. The third kappa shape index (κ3) is 4.37. The van der Waals surface area contributed by atoms with Gasteiger partial charge in [-0.2, -0.15) is 0 Å². The summed E-state index contributed by atoms with van der Waals surface area (Å²) in [5.74, 6) is 0.940. The molecule has 1 aromatic rings. The highest BCUT2D eigenvalue weighted by Crippen LogP contribution is 2.40. The van der Waals surface area contributed by atoms with Gasteiger partial charge >= 0.3 is 0 Å². The van der Waals surface area contributed by atoms with Crippen LogP contribution in [0.1, 0.15) is 24.8 Å². The Kier molecular flexibility index (Phi) is 6.67. The number of likely N-dealkylation sites (tertiary alicyclic amines) is 1. The molecule has 1 aromatic carbocycles. The lowest BCUT2D eigenvalue weighted by atomic mass is 10.1. The van der Waals surface area contributed by atoms with Gasteiger partial charge in [0.2, 0.25) is 0 Å². The zero-order valence-electron chi connectivity index (χ0n) is 14.4. The molecule has 2 saturated heterocycles. The SMILES string of the molecule is Cc1ccc(Cl)c(N2CCNCC2Br)c1OCCCN1CCCC1. The molecule has 134 valence electrons. The fraction of sp³-hybridized carbons (Fsp3) is 0.667. The maximum atomic E-state index is 6.55. The van der Waals surface area contributed by atoms with Crippen molar-refractivity contribution in [2.45, 2.75) is 31.1 Å². The Bertz CT molecular complexity index is 551. The highest BCUT2D eigenvalue weighted by atomic mass is 79.9. The van der Waals surface area contributed by atoms with Crippen LogP contribution in [0.15, 0.2) is 12.1 Å². The molecule has 1 N–H and O–H groups in total. The van der Waals surface area contributed by atoms with Crippen LogP contribution in [-0.4, -0.2) is 55.7 Å². The Morgan fingerprint density at radius 3 is 2.83 bits per heavy atom. The summed E-state index contributed by atoms with van der Waals surface area (Å²) in [7, 11) is 0. The molecule has 0 aliphatic carbocycles. The highest BCUT2D eigenvalue weighted by Gasteiger charge is 2.26. The zero-order chi connectivity index (χ0) is 16.9. The van der Waals surface area contributed by atoms with Gasteiger partial charge in [-0.1, -0.05) is 33.6 Å². The van der Waals surface area contributed by atoms with E-state index in [0.29, 0.717) is 0 Å². The van der Waals surface area contributed by atoms with E-state index < -0.39 is 0 Å². The number of benzene rings is 1. The van der Waals surface area contributed by atoms with Crippen LogP contribution in [-0.2, 0) is 0 Å². The van der Waals surface area contributed by atoms with Gasteiger partial charge in [0.1, 0.15) is 5.75 Å². The van der Waals surface area contributed by atoms with Crippen LogP contribution in [0, 0.1) is 6.92 Å². The fourth-order valence-electron chi connectivity index (χ4n) is 3.49. The lowest BCUT2D eigenvalue weighted by Gasteiger charge is -2.36. The second-order valence-corrected chi connectivity index (χ2v) is 8.09. The summed E-state index contributed by atoms with van der Waals surface area (Å²) in [6.07, 6.45) is 3.74. The molecule has 2 aliphatic rings. The number of anilines is 1. The fourth-order valence-corrected chi connectivity index (χ4v) is 4.39. The number of halogens is 2. The molecule has 2 heterocycles. The molecule has 1 unspecified atom stereocenters. The van der Waals surface area contributed by atoms with Gasteiger partial charge in [-0.25, -0.2) is 0 Å². The molecular weight excluding hydrogens is 390 g/mol. The van der Waals surface area contributed by atoms with Gasteiger partial charge in [-0.3, -0.25) is 0 Å². The number of alkyl halides is 1. The summed E-state index contributed by atoms with van der Waals surface area (Å²) in [5, 5.41) is 4.16. The Hall–Kier alpha value is -0.490. The van der Waals surface area contributed by atoms with E-state index in [4.69, 9.17) is 16.3 Å². The van der Waals surface area contributed by atoms with Gasteiger partial charge in [0.05, 0.1) is 22.3 Å². The molecule has 0 saturated carbocycles. The Morgan fingerprint density at radius 1 is 1.29 bits per heavy atom. The molecular formula is C18H27BrClN3O. The third-order valence-corrected chi connectivity index (χ3v) is 5.93. The van der Waals surface area contributed by atoms with Crippen molar-refractivity contribution in [3.05, 3.63) is 22.7 Å². The van der Waals surface area contributed by atoms with Crippen molar-refractivity contribution in [2.75, 3.05) is 50.8 Å². The second kappa shape index (κ2) is 8.75. The number of nitrogens with one attached hydrogen (secondary N) is 1. The normalized spacial score (nSPS) is 22.1. The van der Waals surface area contributed by atoms with Gasteiger partial charge in [-0.15, -0.1) is 0 Å². The predicted molar refractivity (Wildman–Crippen MR) is 105 cm³/mol. The molecule has 0 bridgehead atoms. The van der Waals surface area contributed by atoms with E-state index in [1.54, 1.807) is 0 Å². The average molecular weight is 417 g/mol. The van der Waals surface area contributed by atoms with Gasteiger partial charge in [-0.05, 0) is 50.9 Å². The van der Waals surface area contributed by atoms with Crippen LogP contribution in [0.4, 0.5) is 5.69 Å². The van der Waals surface area contributed by atoms with Gasteiger partial charge in [0.25, 0.3) is 0 Å². The zero-order valence-corrected chi connectivity index (χ0v) is 16.7. The number of hydrogen-bond acceptors (Lipinski definition) is 4. The molecule has 24 heavy (non-hydrogen) atoms. The summed E-state index contributed by atoms with van der Waals surface area (Å²) in [4.78, 5) is 5.07. The number of aryl methyl sites for hydroxylation is 1. The number of hydrogen-bond donors (Lipinski definition) is 1. The molecule has 6 heteroatoms. The lowest BCUT2D eigenvalue weighted by molar-refractivity contribution is 0.262. The van der Waals surface area contributed by atoms with E-state index in [9.17, 15) is 0 Å². The minimum absolute atomic E-state index is 0.234. The van der Waals surface area contributed by atoms with Crippen molar-refractivity contribution in [1.29, 1.82) is 0 Å².